The summed E-state index contributed by atoms with van der Waals surface area (Å²) in [7, 11) is 2.87. The molecule has 1 aliphatic heterocycles. The lowest BCUT2D eigenvalue weighted by Gasteiger charge is -2.38. The number of hydrogen-bond acceptors (Lipinski definition) is 7. The fourth-order valence-electron chi connectivity index (χ4n) is 4.11. The number of carbonyl (C=O) groups is 1. The Balaban J connectivity index is 1.76. The molecule has 0 spiro atoms. The lowest BCUT2D eigenvalue weighted by molar-refractivity contribution is 0.102. The lowest BCUT2D eigenvalue weighted by Crippen LogP contribution is -2.54. The van der Waals surface area contributed by atoms with E-state index in [2.05, 4.69) is 39.3 Å². The van der Waals surface area contributed by atoms with Crippen molar-refractivity contribution in [3.8, 4) is 6.01 Å². The van der Waals surface area contributed by atoms with E-state index in [9.17, 15) is 14.0 Å². The van der Waals surface area contributed by atoms with Crippen LogP contribution in [0.5, 0.6) is 6.01 Å². The number of rotatable bonds is 4. The predicted octanol–water partition coefficient (Wildman–Crippen LogP) is 1.92. The number of pyridine rings is 1. The van der Waals surface area contributed by atoms with Crippen molar-refractivity contribution in [3.05, 3.63) is 52.3 Å². The highest BCUT2D eigenvalue weighted by Crippen LogP contribution is 2.31. The molecule has 2 aromatic heterocycles. The zero-order valence-electron chi connectivity index (χ0n) is 18.3. The summed E-state index contributed by atoms with van der Waals surface area (Å²) in [5, 5.41) is 6.86. The van der Waals surface area contributed by atoms with Crippen LogP contribution in [0, 0.1) is 5.82 Å². The molecule has 10 heteroatoms. The van der Waals surface area contributed by atoms with Crippen molar-refractivity contribution in [3.63, 3.8) is 0 Å². The number of aromatic nitrogens is 3. The van der Waals surface area contributed by atoms with Gasteiger partial charge in [-0.15, -0.1) is 0 Å². The van der Waals surface area contributed by atoms with Gasteiger partial charge in [0.1, 0.15) is 0 Å². The average molecular weight is 440 g/mol. The lowest BCUT2D eigenvalue weighted by atomic mass is 10.0. The summed E-state index contributed by atoms with van der Waals surface area (Å²) < 4.78 is 20.1. The molecular formula is C22H25FN6O3. The minimum atomic E-state index is -0.948. The number of ether oxygens (including phenoxy) is 1. The number of hydrogen-bond donors (Lipinski definition) is 2. The van der Waals surface area contributed by atoms with Gasteiger partial charge >= 0.3 is 6.01 Å². The van der Waals surface area contributed by atoms with Crippen LogP contribution < -0.4 is 25.8 Å². The third kappa shape index (κ3) is 4.13. The van der Waals surface area contributed by atoms with Crippen molar-refractivity contribution in [2.24, 2.45) is 7.05 Å². The molecule has 2 atom stereocenters. The fourth-order valence-corrected chi connectivity index (χ4v) is 4.11. The first-order valence-corrected chi connectivity index (χ1v) is 10.3. The maximum Gasteiger partial charge on any atom is 0.316 e. The Morgan fingerprint density at radius 3 is 2.66 bits per heavy atom. The van der Waals surface area contributed by atoms with Crippen LogP contribution in [-0.4, -0.2) is 52.7 Å². The first-order valence-electron chi connectivity index (χ1n) is 10.3. The Morgan fingerprint density at radius 2 is 2.00 bits per heavy atom. The van der Waals surface area contributed by atoms with Gasteiger partial charge in [-0.3, -0.25) is 9.59 Å². The van der Waals surface area contributed by atoms with E-state index < -0.39 is 17.3 Å². The van der Waals surface area contributed by atoms with E-state index in [0.717, 1.165) is 29.4 Å². The van der Waals surface area contributed by atoms with E-state index in [0.29, 0.717) is 23.0 Å². The molecule has 1 aromatic carbocycles. The SMILES string of the molecule is COc1ncc2c(N3C[C@@H](C)N[C@@H](C)C3)ccc(C(=O)Nc3cc(F)c(=O)n(C)c3)c2n1. The van der Waals surface area contributed by atoms with Gasteiger partial charge in [-0.25, -0.2) is 9.37 Å². The second-order valence-corrected chi connectivity index (χ2v) is 8.07. The highest BCUT2D eigenvalue weighted by Gasteiger charge is 2.24. The molecule has 1 amide bonds. The number of fused-ring (bicyclic) bond motifs is 1. The van der Waals surface area contributed by atoms with E-state index >= 15 is 0 Å². The predicted molar refractivity (Wildman–Crippen MR) is 120 cm³/mol. The van der Waals surface area contributed by atoms with Crippen LogP contribution in [0.1, 0.15) is 24.2 Å². The molecule has 3 aromatic rings. The van der Waals surface area contributed by atoms with Gasteiger partial charge in [0.2, 0.25) is 0 Å². The highest BCUT2D eigenvalue weighted by molar-refractivity contribution is 6.13. The van der Waals surface area contributed by atoms with Crippen LogP contribution in [0.2, 0.25) is 0 Å². The van der Waals surface area contributed by atoms with Gasteiger partial charge in [-0.1, -0.05) is 0 Å². The molecule has 1 saturated heterocycles. The van der Waals surface area contributed by atoms with E-state index in [-0.39, 0.29) is 17.3 Å². The number of piperazine rings is 1. The Bertz CT molecular complexity index is 1210. The van der Waals surface area contributed by atoms with Crippen molar-refractivity contribution in [1.82, 2.24) is 19.9 Å². The van der Waals surface area contributed by atoms with E-state index in [1.165, 1.54) is 20.4 Å². The molecule has 32 heavy (non-hydrogen) atoms. The topological polar surface area (TPSA) is 101 Å². The van der Waals surface area contributed by atoms with Crippen LogP contribution in [0.25, 0.3) is 10.9 Å². The molecule has 0 radical (unpaired) electrons. The zero-order chi connectivity index (χ0) is 23.0. The Hall–Kier alpha value is -3.53. The second-order valence-electron chi connectivity index (χ2n) is 8.07. The smallest absolute Gasteiger partial charge is 0.316 e. The fraction of sp³-hybridized carbons (Fsp3) is 0.364. The maximum absolute atomic E-state index is 13.8. The molecule has 0 unspecified atom stereocenters. The molecule has 4 rings (SSSR count). The monoisotopic (exact) mass is 440 g/mol. The Labute approximate surface area is 184 Å². The molecule has 1 fully saturated rings. The minimum absolute atomic E-state index is 0.138. The summed E-state index contributed by atoms with van der Waals surface area (Å²) in [6, 6.07) is 5.30. The number of benzene rings is 1. The molecule has 168 valence electrons. The van der Waals surface area contributed by atoms with E-state index in [1.54, 1.807) is 12.3 Å². The molecule has 0 aliphatic carbocycles. The van der Waals surface area contributed by atoms with Gasteiger partial charge in [-0.05, 0) is 26.0 Å². The number of halogens is 1. The van der Waals surface area contributed by atoms with Gasteiger partial charge in [0.05, 0.1) is 23.9 Å². The molecular weight excluding hydrogens is 415 g/mol. The van der Waals surface area contributed by atoms with Gasteiger partial charge in [0.25, 0.3) is 11.5 Å². The van der Waals surface area contributed by atoms with Gasteiger partial charge in [0.15, 0.2) is 5.82 Å². The van der Waals surface area contributed by atoms with Crippen molar-refractivity contribution >= 4 is 28.2 Å². The Morgan fingerprint density at radius 1 is 1.28 bits per heavy atom. The normalized spacial score (nSPS) is 18.6. The highest BCUT2D eigenvalue weighted by atomic mass is 19.1. The third-order valence-corrected chi connectivity index (χ3v) is 5.43. The van der Waals surface area contributed by atoms with Crippen molar-refractivity contribution < 1.29 is 13.9 Å². The Kier molecular flexibility index (Phi) is 5.79. The number of carbonyl (C=O) groups excluding carboxylic acids is 1. The first-order chi connectivity index (χ1) is 15.3. The van der Waals surface area contributed by atoms with Gasteiger partial charge in [-0.2, -0.15) is 4.98 Å². The maximum atomic E-state index is 13.8. The quantitative estimate of drug-likeness (QED) is 0.639. The number of nitrogens with zero attached hydrogens (tertiary/aromatic N) is 4. The number of methoxy groups -OCH3 is 1. The molecule has 0 saturated carbocycles. The molecule has 2 N–H and O–H groups in total. The standard InChI is InChI=1S/C22H25FN6O3/c1-12-9-29(10-13(2)25-12)18-6-5-15(19-16(18)8-24-22(27-19)32-4)20(30)26-14-7-17(23)21(31)28(3)11-14/h5-8,11-13,25H,9-10H2,1-4H3,(H,26,30)/t12-,13+. The van der Waals surface area contributed by atoms with Gasteiger partial charge < -0.3 is 24.8 Å². The van der Waals surface area contributed by atoms with E-state index in [4.69, 9.17) is 4.74 Å². The minimum Gasteiger partial charge on any atom is -0.467 e. The van der Waals surface area contributed by atoms with Crippen molar-refractivity contribution in [1.29, 1.82) is 0 Å². The van der Waals surface area contributed by atoms with E-state index in [1.807, 2.05) is 6.07 Å². The molecule has 3 heterocycles. The molecule has 9 nitrogen and oxygen atoms in total. The van der Waals surface area contributed by atoms with Crippen molar-refractivity contribution in [2.75, 3.05) is 30.4 Å². The third-order valence-electron chi connectivity index (χ3n) is 5.43. The molecule has 0 bridgehead atoms. The summed E-state index contributed by atoms with van der Waals surface area (Å²) in [4.78, 5) is 35.6. The van der Waals surface area contributed by atoms with Crippen LogP contribution in [0.4, 0.5) is 15.8 Å². The van der Waals surface area contributed by atoms with Crippen LogP contribution in [0.3, 0.4) is 0 Å². The van der Waals surface area contributed by atoms with Gasteiger partial charge in [0, 0.05) is 61.8 Å². The second kappa shape index (κ2) is 8.54. The number of nitrogens with one attached hydrogen (secondary N) is 2. The number of aryl methyl sites for hydroxylation is 1. The number of amides is 1. The summed E-state index contributed by atoms with van der Waals surface area (Å²) >= 11 is 0. The first kappa shape index (κ1) is 21.7. The summed E-state index contributed by atoms with van der Waals surface area (Å²) in [5.41, 5.74) is 1.03. The van der Waals surface area contributed by atoms with Crippen LogP contribution >= 0.6 is 0 Å². The summed E-state index contributed by atoms with van der Waals surface area (Å²) in [6.45, 7) is 5.85. The van der Waals surface area contributed by atoms with Crippen LogP contribution in [-0.2, 0) is 7.05 Å². The summed E-state index contributed by atoms with van der Waals surface area (Å²) in [6.07, 6.45) is 3.01. The molecule has 1 aliphatic rings. The zero-order valence-corrected chi connectivity index (χ0v) is 18.3. The largest absolute Gasteiger partial charge is 0.467 e. The van der Waals surface area contributed by atoms with Crippen molar-refractivity contribution in [2.45, 2.75) is 25.9 Å². The average Bonchev–Trinajstić information content (AvgIpc) is 2.75. The summed E-state index contributed by atoms with van der Waals surface area (Å²) in [5.74, 6) is -1.43. The van der Waals surface area contributed by atoms with Crippen LogP contribution in [0.15, 0.2) is 35.4 Å². The number of anilines is 2.